The molecule has 0 N–H and O–H groups in total. The van der Waals surface area contributed by atoms with Crippen LogP contribution in [0.2, 0.25) is 0 Å². The molecule has 1 fully saturated rings. The normalized spacial score (nSPS) is 20.4. The molecule has 0 saturated heterocycles. The van der Waals surface area contributed by atoms with E-state index in [0.29, 0.717) is 23.3 Å². The predicted octanol–water partition coefficient (Wildman–Crippen LogP) is 3.16. The highest BCUT2D eigenvalue weighted by Crippen LogP contribution is 2.54. The van der Waals surface area contributed by atoms with E-state index >= 15 is 0 Å². The quantitative estimate of drug-likeness (QED) is 0.834. The van der Waals surface area contributed by atoms with E-state index in [0.717, 1.165) is 5.56 Å². The van der Waals surface area contributed by atoms with Crippen LogP contribution >= 0.6 is 0 Å². The van der Waals surface area contributed by atoms with Gasteiger partial charge >= 0.3 is 0 Å². The van der Waals surface area contributed by atoms with Crippen molar-refractivity contribution in [1.29, 1.82) is 5.26 Å². The number of aryl methyl sites for hydroxylation is 2. The SMILES string of the molecule is Cc1ccc(C)c(S(=O)(=O)C2(C#N)CC(C)(C)C2)c1. The molecule has 0 amide bonds. The van der Waals surface area contributed by atoms with Crippen molar-refractivity contribution >= 4 is 9.84 Å². The van der Waals surface area contributed by atoms with Gasteiger partial charge in [-0.1, -0.05) is 26.0 Å². The topological polar surface area (TPSA) is 57.9 Å². The number of rotatable bonds is 2. The smallest absolute Gasteiger partial charge is 0.197 e. The molecule has 0 bridgehead atoms. The van der Waals surface area contributed by atoms with Crippen molar-refractivity contribution in [3.63, 3.8) is 0 Å². The van der Waals surface area contributed by atoms with E-state index in [9.17, 15) is 13.7 Å². The number of benzene rings is 1. The molecule has 0 spiro atoms. The lowest BCUT2D eigenvalue weighted by Crippen LogP contribution is -2.53. The third kappa shape index (κ3) is 2.06. The summed E-state index contributed by atoms with van der Waals surface area (Å²) in [5, 5.41) is 9.40. The molecule has 1 aromatic rings. The van der Waals surface area contributed by atoms with Crippen LogP contribution < -0.4 is 0 Å². The molecule has 1 aliphatic rings. The summed E-state index contributed by atoms with van der Waals surface area (Å²) in [7, 11) is -3.60. The third-order valence-electron chi connectivity index (χ3n) is 3.88. The van der Waals surface area contributed by atoms with Crippen LogP contribution in [0.3, 0.4) is 0 Å². The summed E-state index contributed by atoms with van der Waals surface area (Å²) in [6.07, 6.45) is 0.818. The Hall–Kier alpha value is -1.34. The predicted molar refractivity (Wildman–Crippen MR) is 74.5 cm³/mol. The minimum Gasteiger partial charge on any atom is -0.222 e. The van der Waals surface area contributed by atoms with Crippen molar-refractivity contribution in [3.05, 3.63) is 29.3 Å². The van der Waals surface area contributed by atoms with Gasteiger partial charge in [-0.15, -0.1) is 0 Å². The van der Waals surface area contributed by atoms with Crippen LogP contribution in [-0.2, 0) is 9.84 Å². The molecular formula is C15H19NO2S. The number of hydrogen-bond donors (Lipinski definition) is 0. The summed E-state index contributed by atoms with van der Waals surface area (Å²) >= 11 is 0. The Morgan fingerprint density at radius 1 is 1.21 bits per heavy atom. The van der Waals surface area contributed by atoms with Crippen LogP contribution in [0.25, 0.3) is 0 Å². The standard InChI is InChI=1S/C15H19NO2S/c1-11-5-6-12(2)13(7-11)19(17,18)15(10-16)8-14(3,4)9-15/h5-7H,8-9H2,1-4H3. The first-order valence-electron chi connectivity index (χ1n) is 6.37. The molecule has 4 heteroatoms. The highest BCUT2D eigenvalue weighted by atomic mass is 32.2. The van der Waals surface area contributed by atoms with Gasteiger partial charge in [0.05, 0.1) is 11.0 Å². The Balaban J connectivity index is 2.55. The Bertz CT molecular complexity index is 658. The highest BCUT2D eigenvalue weighted by molar-refractivity contribution is 7.93. The first kappa shape index (κ1) is 14.1. The Labute approximate surface area is 115 Å². The first-order chi connectivity index (χ1) is 8.63. The Morgan fingerprint density at radius 2 is 1.79 bits per heavy atom. The van der Waals surface area contributed by atoms with E-state index in [1.54, 1.807) is 19.1 Å². The van der Waals surface area contributed by atoms with Gasteiger partial charge in [-0.2, -0.15) is 5.26 Å². The summed E-state index contributed by atoms with van der Waals surface area (Å²) in [6.45, 7) is 7.64. The minimum absolute atomic E-state index is 0.0689. The van der Waals surface area contributed by atoms with Gasteiger partial charge in [0.15, 0.2) is 14.6 Å². The van der Waals surface area contributed by atoms with Crippen LogP contribution in [0, 0.1) is 30.6 Å². The first-order valence-corrected chi connectivity index (χ1v) is 7.85. The van der Waals surface area contributed by atoms with E-state index in [2.05, 4.69) is 6.07 Å². The molecular weight excluding hydrogens is 258 g/mol. The van der Waals surface area contributed by atoms with E-state index in [1.165, 1.54) is 0 Å². The van der Waals surface area contributed by atoms with E-state index < -0.39 is 14.6 Å². The molecule has 0 radical (unpaired) electrons. The van der Waals surface area contributed by atoms with Crippen LogP contribution in [0.1, 0.15) is 37.8 Å². The molecule has 0 aromatic heterocycles. The van der Waals surface area contributed by atoms with Gasteiger partial charge in [0.1, 0.15) is 0 Å². The number of nitrogens with zero attached hydrogens (tertiary/aromatic N) is 1. The molecule has 0 unspecified atom stereocenters. The summed E-state index contributed by atoms with van der Waals surface area (Å²) in [6, 6.07) is 7.43. The molecule has 0 atom stereocenters. The van der Waals surface area contributed by atoms with Crippen LogP contribution in [0.4, 0.5) is 0 Å². The summed E-state index contributed by atoms with van der Waals surface area (Å²) in [4.78, 5) is 0.310. The summed E-state index contributed by atoms with van der Waals surface area (Å²) in [5.41, 5.74) is 1.54. The fourth-order valence-corrected chi connectivity index (χ4v) is 5.57. The zero-order valence-corrected chi connectivity index (χ0v) is 12.6. The maximum Gasteiger partial charge on any atom is 0.197 e. The number of hydrogen-bond acceptors (Lipinski definition) is 3. The molecule has 2 rings (SSSR count). The number of sulfone groups is 1. The lowest BCUT2D eigenvalue weighted by atomic mass is 9.64. The maximum absolute atomic E-state index is 12.8. The molecule has 1 aliphatic carbocycles. The van der Waals surface area contributed by atoms with Crippen LogP contribution in [-0.4, -0.2) is 13.2 Å². The lowest BCUT2D eigenvalue weighted by molar-refractivity contribution is 0.154. The molecule has 1 aromatic carbocycles. The number of nitriles is 1. The van der Waals surface area contributed by atoms with Crippen molar-refractivity contribution < 1.29 is 8.42 Å². The van der Waals surface area contributed by atoms with Crippen molar-refractivity contribution in [2.45, 2.75) is 50.2 Å². The summed E-state index contributed by atoms with van der Waals surface area (Å²) < 4.78 is 24.4. The average Bonchev–Trinajstić information content (AvgIpc) is 2.28. The van der Waals surface area contributed by atoms with Gasteiger partial charge in [0, 0.05) is 0 Å². The molecule has 0 heterocycles. The zero-order valence-electron chi connectivity index (χ0n) is 11.8. The van der Waals surface area contributed by atoms with Crippen LogP contribution in [0.15, 0.2) is 23.1 Å². The van der Waals surface area contributed by atoms with Gasteiger partial charge in [0.2, 0.25) is 0 Å². The van der Waals surface area contributed by atoms with E-state index in [1.807, 2.05) is 26.8 Å². The Morgan fingerprint density at radius 3 is 2.26 bits per heavy atom. The van der Waals surface area contributed by atoms with Gasteiger partial charge in [0.25, 0.3) is 0 Å². The highest BCUT2D eigenvalue weighted by Gasteiger charge is 2.59. The van der Waals surface area contributed by atoms with E-state index in [4.69, 9.17) is 0 Å². The average molecular weight is 277 g/mol. The monoisotopic (exact) mass is 277 g/mol. The fraction of sp³-hybridized carbons (Fsp3) is 0.533. The second-order valence-electron chi connectivity index (χ2n) is 6.40. The van der Waals surface area contributed by atoms with Gasteiger partial charge in [-0.25, -0.2) is 8.42 Å². The largest absolute Gasteiger partial charge is 0.222 e. The van der Waals surface area contributed by atoms with Crippen molar-refractivity contribution in [3.8, 4) is 6.07 Å². The van der Waals surface area contributed by atoms with Gasteiger partial charge in [-0.05, 0) is 49.3 Å². The minimum atomic E-state index is -3.60. The fourth-order valence-electron chi connectivity index (χ4n) is 3.03. The maximum atomic E-state index is 12.8. The third-order valence-corrected chi connectivity index (χ3v) is 6.31. The molecule has 0 aliphatic heterocycles. The van der Waals surface area contributed by atoms with Crippen LogP contribution in [0.5, 0.6) is 0 Å². The second-order valence-corrected chi connectivity index (χ2v) is 8.62. The van der Waals surface area contributed by atoms with Crippen molar-refractivity contribution in [2.75, 3.05) is 0 Å². The Kier molecular flexibility index (Phi) is 3.02. The summed E-state index contributed by atoms with van der Waals surface area (Å²) in [5.74, 6) is 0. The molecule has 1 saturated carbocycles. The molecule has 3 nitrogen and oxygen atoms in total. The second kappa shape index (κ2) is 4.08. The van der Waals surface area contributed by atoms with E-state index in [-0.39, 0.29) is 5.41 Å². The van der Waals surface area contributed by atoms with Gasteiger partial charge < -0.3 is 0 Å². The van der Waals surface area contributed by atoms with Crippen molar-refractivity contribution in [1.82, 2.24) is 0 Å². The zero-order chi connectivity index (χ0) is 14.5. The van der Waals surface area contributed by atoms with Crippen molar-refractivity contribution in [2.24, 2.45) is 5.41 Å². The lowest BCUT2D eigenvalue weighted by Gasteiger charge is -2.47. The molecule has 19 heavy (non-hydrogen) atoms. The van der Waals surface area contributed by atoms with Gasteiger partial charge in [-0.3, -0.25) is 0 Å². The molecule has 102 valence electrons.